The number of ether oxygens (including phenoxy) is 2. The number of pyridine rings is 1. The van der Waals surface area contributed by atoms with Gasteiger partial charge in [-0.05, 0) is 36.6 Å². The second-order valence-electron chi connectivity index (χ2n) is 7.49. The lowest BCUT2D eigenvalue weighted by molar-refractivity contribution is 0.0950. The van der Waals surface area contributed by atoms with Gasteiger partial charge in [-0.25, -0.2) is 13.4 Å². The van der Waals surface area contributed by atoms with Gasteiger partial charge in [0.05, 0.1) is 11.6 Å². The Morgan fingerprint density at radius 2 is 1.88 bits per heavy atom. The van der Waals surface area contributed by atoms with Crippen molar-refractivity contribution < 1.29 is 22.7 Å². The van der Waals surface area contributed by atoms with Gasteiger partial charge in [0.2, 0.25) is 15.9 Å². The SMILES string of the molecule is COCCOc1ccc(CNC(=O)c2ccc(Cl)c(S(=O)(=O)N3CCCCCC3)c2)cn1. The number of nitrogens with zero attached hydrogens (tertiary/aromatic N) is 2. The number of amides is 1. The van der Waals surface area contributed by atoms with E-state index in [4.69, 9.17) is 21.1 Å². The second-order valence-corrected chi connectivity index (χ2v) is 9.81. The molecule has 0 unspecified atom stereocenters. The molecule has 0 atom stereocenters. The number of rotatable bonds is 9. The molecular weight excluding hydrogens is 454 g/mol. The maximum absolute atomic E-state index is 13.1. The average Bonchev–Trinajstić information content (AvgIpc) is 3.09. The Morgan fingerprint density at radius 1 is 1.12 bits per heavy atom. The first-order chi connectivity index (χ1) is 15.4. The number of benzene rings is 1. The number of nitrogens with one attached hydrogen (secondary N) is 1. The van der Waals surface area contributed by atoms with E-state index in [1.54, 1.807) is 25.4 Å². The lowest BCUT2D eigenvalue weighted by Crippen LogP contribution is -2.32. The molecule has 0 radical (unpaired) electrons. The summed E-state index contributed by atoms with van der Waals surface area (Å²) in [5.41, 5.74) is 1.01. The second kappa shape index (κ2) is 11.6. The summed E-state index contributed by atoms with van der Waals surface area (Å²) in [6.07, 6.45) is 5.27. The molecule has 2 aromatic rings. The van der Waals surface area contributed by atoms with Crippen LogP contribution in [0.3, 0.4) is 0 Å². The molecule has 32 heavy (non-hydrogen) atoms. The molecule has 174 valence electrons. The quantitative estimate of drug-likeness (QED) is 0.552. The van der Waals surface area contributed by atoms with E-state index < -0.39 is 15.9 Å². The van der Waals surface area contributed by atoms with Gasteiger partial charge in [-0.1, -0.05) is 30.5 Å². The van der Waals surface area contributed by atoms with Crippen LogP contribution in [-0.2, 0) is 21.3 Å². The van der Waals surface area contributed by atoms with Crippen LogP contribution in [0, 0.1) is 0 Å². The summed E-state index contributed by atoms with van der Waals surface area (Å²) in [6.45, 7) is 2.04. The largest absolute Gasteiger partial charge is 0.475 e. The van der Waals surface area contributed by atoms with E-state index in [-0.39, 0.29) is 22.0 Å². The first-order valence-corrected chi connectivity index (χ1v) is 12.4. The van der Waals surface area contributed by atoms with Gasteiger partial charge in [0, 0.05) is 44.6 Å². The minimum absolute atomic E-state index is 0.0343. The number of halogens is 1. The van der Waals surface area contributed by atoms with E-state index in [2.05, 4.69) is 10.3 Å². The monoisotopic (exact) mass is 481 g/mol. The zero-order valence-electron chi connectivity index (χ0n) is 18.0. The molecule has 1 amide bonds. The summed E-state index contributed by atoms with van der Waals surface area (Å²) in [4.78, 5) is 16.8. The molecule has 3 rings (SSSR count). The van der Waals surface area contributed by atoms with Gasteiger partial charge >= 0.3 is 0 Å². The highest BCUT2D eigenvalue weighted by atomic mass is 35.5. The summed E-state index contributed by atoms with van der Waals surface area (Å²) in [5, 5.41) is 2.89. The third-order valence-corrected chi connectivity index (χ3v) is 7.54. The number of carbonyl (C=O) groups excluding carboxylic acids is 1. The lowest BCUT2D eigenvalue weighted by Gasteiger charge is -2.21. The minimum atomic E-state index is -3.77. The van der Waals surface area contributed by atoms with E-state index >= 15 is 0 Å². The molecule has 0 saturated carbocycles. The van der Waals surface area contributed by atoms with E-state index in [1.807, 2.05) is 0 Å². The van der Waals surface area contributed by atoms with Crippen molar-refractivity contribution in [2.45, 2.75) is 37.1 Å². The molecule has 8 nitrogen and oxygen atoms in total. The highest BCUT2D eigenvalue weighted by molar-refractivity contribution is 7.89. The van der Waals surface area contributed by atoms with Gasteiger partial charge in [0.1, 0.15) is 11.5 Å². The summed E-state index contributed by atoms with van der Waals surface area (Å²) < 4.78 is 38.0. The van der Waals surface area contributed by atoms with Crippen molar-refractivity contribution in [3.05, 3.63) is 52.7 Å². The van der Waals surface area contributed by atoms with Crippen LogP contribution in [0.4, 0.5) is 0 Å². The fourth-order valence-corrected chi connectivity index (χ4v) is 5.40. The molecule has 1 aromatic carbocycles. The normalized spacial score (nSPS) is 15.2. The molecule has 10 heteroatoms. The molecule has 2 heterocycles. The minimum Gasteiger partial charge on any atom is -0.475 e. The smallest absolute Gasteiger partial charge is 0.251 e. The van der Waals surface area contributed by atoms with E-state index in [1.165, 1.54) is 22.5 Å². The fourth-order valence-electron chi connectivity index (χ4n) is 3.38. The zero-order chi connectivity index (χ0) is 23.0. The molecule has 1 fully saturated rings. The number of aromatic nitrogens is 1. The van der Waals surface area contributed by atoms with Crippen LogP contribution in [-0.4, -0.2) is 57.0 Å². The first-order valence-electron chi connectivity index (χ1n) is 10.6. The Kier molecular flexibility index (Phi) is 8.86. The molecule has 1 saturated heterocycles. The number of hydrogen-bond acceptors (Lipinski definition) is 6. The van der Waals surface area contributed by atoms with Crippen LogP contribution >= 0.6 is 11.6 Å². The van der Waals surface area contributed by atoms with Gasteiger partial charge in [-0.3, -0.25) is 4.79 Å². The highest BCUT2D eigenvalue weighted by Crippen LogP contribution is 2.27. The Hall–Kier alpha value is -2.20. The summed E-state index contributed by atoms with van der Waals surface area (Å²) in [5.74, 6) is 0.0765. The predicted molar refractivity (Wildman–Crippen MR) is 121 cm³/mol. The van der Waals surface area contributed by atoms with Crippen LogP contribution in [0.1, 0.15) is 41.6 Å². The number of sulfonamides is 1. The molecule has 0 bridgehead atoms. The first kappa shape index (κ1) is 24.4. The highest BCUT2D eigenvalue weighted by Gasteiger charge is 2.28. The summed E-state index contributed by atoms with van der Waals surface area (Å²) in [6, 6.07) is 7.83. The molecule has 1 N–H and O–H groups in total. The third kappa shape index (κ3) is 6.41. The van der Waals surface area contributed by atoms with Gasteiger partial charge in [0.15, 0.2) is 0 Å². The van der Waals surface area contributed by atoms with Gasteiger partial charge in [0.25, 0.3) is 5.91 Å². The van der Waals surface area contributed by atoms with Crippen molar-refractivity contribution in [1.82, 2.24) is 14.6 Å². The van der Waals surface area contributed by atoms with E-state index in [0.717, 1.165) is 31.2 Å². The van der Waals surface area contributed by atoms with Gasteiger partial charge in [-0.2, -0.15) is 4.31 Å². The van der Waals surface area contributed by atoms with E-state index in [9.17, 15) is 13.2 Å². The van der Waals surface area contributed by atoms with Crippen LogP contribution in [0.15, 0.2) is 41.4 Å². The predicted octanol–water partition coefficient (Wildman–Crippen LogP) is 3.25. The van der Waals surface area contributed by atoms with Crippen molar-refractivity contribution in [1.29, 1.82) is 0 Å². The van der Waals surface area contributed by atoms with Crippen molar-refractivity contribution >= 4 is 27.5 Å². The van der Waals surface area contributed by atoms with E-state index in [0.29, 0.717) is 32.2 Å². The van der Waals surface area contributed by atoms with Crippen molar-refractivity contribution in [3.8, 4) is 5.88 Å². The summed E-state index contributed by atoms with van der Waals surface area (Å²) in [7, 11) is -2.17. The lowest BCUT2D eigenvalue weighted by atomic mass is 10.2. The Morgan fingerprint density at radius 3 is 2.53 bits per heavy atom. The van der Waals surface area contributed by atoms with Crippen LogP contribution in [0.5, 0.6) is 5.88 Å². The molecule has 1 aliphatic rings. The molecular formula is C22H28ClN3O5S. The zero-order valence-corrected chi connectivity index (χ0v) is 19.6. The van der Waals surface area contributed by atoms with Crippen LogP contribution in [0.25, 0.3) is 0 Å². The van der Waals surface area contributed by atoms with Crippen molar-refractivity contribution in [2.24, 2.45) is 0 Å². The summed E-state index contributed by atoms with van der Waals surface area (Å²) >= 11 is 6.21. The Bertz CT molecular complexity index is 1010. The Balaban J connectivity index is 1.66. The molecule has 0 spiro atoms. The fraction of sp³-hybridized carbons (Fsp3) is 0.455. The van der Waals surface area contributed by atoms with Crippen LogP contribution in [0.2, 0.25) is 5.02 Å². The molecule has 1 aliphatic heterocycles. The number of methoxy groups -OCH3 is 1. The average molecular weight is 482 g/mol. The van der Waals surface area contributed by atoms with Crippen LogP contribution < -0.4 is 10.1 Å². The Labute approximate surface area is 193 Å². The van der Waals surface area contributed by atoms with Crippen molar-refractivity contribution in [2.75, 3.05) is 33.4 Å². The van der Waals surface area contributed by atoms with Gasteiger partial charge in [-0.15, -0.1) is 0 Å². The molecule has 0 aliphatic carbocycles. The molecule has 1 aromatic heterocycles. The third-order valence-electron chi connectivity index (χ3n) is 5.16. The maximum Gasteiger partial charge on any atom is 0.251 e. The number of hydrogen-bond donors (Lipinski definition) is 1. The maximum atomic E-state index is 13.1. The topological polar surface area (TPSA) is 97.8 Å². The van der Waals surface area contributed by atoms with Gasteiger partial charge < -0.3 is 14.8 Å². The number of carbonyl (C=O) groups is 1. The standard InChI is InChI=1S/C22H28ClN3O5S/c1-30-12-13-31-21-9-6-17(15-24-21)16-25-22(27)18-7-8-19(23)20(14-18)32(28,29)26-10-4-2-3-5-11-26/h6-9,14-15H,2-5,10-13,16H2,1H3,(H,25,27). The van der Waals surface area contributed by atoms with Crippen molar-refractivity contribution in [3.63, 3.8) is 0 Å².